The summed E-state index contributed by atoms with van der Waals surface area (Å²) in [7, 11) is 0. The Bertz CT molecular complexity index is 466. The highest BCUT2D eigenvalue weighted by atomic mass is 19.4. The molecule has 1 saturated heterocycles. The Morgan fingerprint density at radius 2 is 2.00 bits per heavy atom. The van der Waals surface area contributed by atoms with Gasteiger partial charge in [0.25, 0.3) is 0 Å². The van der Waals surface area contributed by atoms with E-state index in [1.807, 2.05) is 0 Å². The second-order valence-electron chi connectivity index (χ2n) is 4.06. The lowest BCUT2D eigenvalue weighted by atomic mass is 9.87. The van der Waals surface area contributed by atoms with Crippen LogP contribution in [0.2, 0.25) is 0 Å². The standard InChI is InChI=1S/C10H8F4N2O2/c11-7-2-1-6(3-15-7)9(18)4-16(5-9)8(17)10(12,13)14/h1-3,18H,4-5H2. The molecule has 2 heterocycles. The molecule has 0 spiro atoms. The Hall–Kier alpha value is -1.70. The van der Waals surface area contributed by atoms with Crippen molar-refractivity contribution in [1.29, 1.82) is 0 Å². The van der Waals surface area contributed by atoms with E-state index in [4.69, 9.17) is 0 Å². The average Bonchev–Trinajstić information content (AvgIpc) is 2.23. The summed E-state index contributed by atoms with van der Waals surface area (Å²) in [5, 5.41) is 9.93. The predicted molar refractivity (Wildman–Crippen MR) is 50.7 cm³/mol. The third-order valence-corrected chi connectivity index (χ3v) is 2.70. The molecule has 2 rings (SSSR count). The fourth-order valence-electron chi connectivity index (χ4n) is 1.74. The van der Waals surface area contributed by atoms with Crippen molar-refractivity contribution >= 4 is 5.91 Å². The van der Waals surface area contributed by atoms with Crippen molar-refractivity contribution in [3.8, 4) is 0 Å². The summed E-state index contributed by atoms with van der Waals surface area (Å²) < 4.78 is 48.8. The number of β-amino-alcohol motifs (C(OH)–C–C–N with tert-alkyl or cyclic N) is 1. The van der Waals surface area contributed by atoms with E-state index in [2.05, 4.69) is 4.98 Å². The van der Waals surface area contributed by atoms with Gasteiger partial charge in [0.05, 0.1) is 13.1 Å². The third-order valence-electron chi connectivity index (χ3n) is 2.70. The first-order chi connectivity index (χ1) is 8.22. The van der Waals surface area contributed by atoms with Gasteiger partial charge < -0.3 is 10.0 Å². The summed E-state index contributed by atoms with van der Waals surface area (Å²) in [6, 6.07) is 2.21. The first kappa shape index (κ1) is 12.7. The maximum Gasteiger partial charge on any atom is 0.471 e. The maximum atomic E-state index is 12.6. The fourth-order valence-corrected chi connectivity index (χ4v) is 1.74. The molecule has 1 amide bonds. The van der Waals surface area contributed by atoms with Crippen LogP contribution in [0.1, 0.15) is 5.56 Å². The summed E-state index contributed by atoms with van der Waals surface area (Å²) in [6.45, 7) is -0.975. The van der Waals surface area contributed by atoms with E-state index in [1.54, 1.807) is 0 Å². The Labute approximate surface area is 98.8 Å². The summed E-state index contributed by atoms with van der Waals surface area (Å²) >= 11 is 0. The molecule has 4 nitrogen and oxygen atoms in total. The van der Waals surface area contributed by atoms with Gasteiger partial charge in [0, 0.05) is 11.8 Å². The minimum Gasteiger partial charge on any atom is -0.381 e. The monoisotopic (exact) mass is 264 g/mol. The van der Waals surface area contributed by atoms with Gasteiger partial charge in [-0.1, -0.05) is 0 Å². The van der Waals surface area contributed by atoms with Crippen LogP contribution in [-0.4, -0.2) is 40.2 Å². The minimum absolute atomic E-state index is 0.176. The number of aromatic nitrogens is 1. The summed E-state index contributed by atoms with van der Waals surface area (Å²) in [4.78, 5) is 14.6. The summed E-state index contributed by atoms with van der Waals surface area (Å²) in [6.07, 6.45) is -3.92. The number of rotatable bonds is 1. The minimum atomic E-state index is -4.96. The van der Waals surface area contributed by atoms with E-state index in [-0.39, 0.29) is 5.56 Å². The number of likely N-dealkylation sites (tertiary alicyclic amines) is 1. The normalized spacial score (nSPS) is 18.4. The number of hydrogen-bond donors (Lipinski definition) is 1. The number of amides is 1. The molecular formula is C10H8F4N2O2. The van der Waals surface area contributed by atoms with Crippen LogP contribution in [0.15, 0.2) is 18.3 Å². The molecule has 98 valence electrons. The van der Waals surface area contributed by atoms with Gasteiger partial charge in [0.15, 0.2) is 0 Å². The van der Waals surface area contributed by atoms with Gasteiger partial charge in [-0.05, 0) is 12.1 Å². The largest absolute Gasteiger partial charge is 0.471 e. The molecule has 0 aliphatic carbocycles. The topological polar surface area (TPSA) is 53.4 Å². The van der Waals surface area contributed by atoms with Crippen LogP contribution in [-0.2, 0) is 10.4 Å². The van der Waals surface area contributed by atoms with Crippen molar-refractivity contribution in [3.05, 3.63) is 29.8 Å². The average molecular weight is 264 g/mol. The number of carbonyl (C=O) groups is 1. The third kappa shape index (κ3) is 2.15. The van der Waals surface area contributed by atoms with Gasteiger partial charge in [-0.25, -0.2) is 4.98 Å². The van der Waals surface area contributed by atoms with Crippen molar-refractivity contribution in [2.24, 2.45) is 0 Å². The zero-order chi connectivity index (χ0) is 13.6. The summed E-state index contributed by atoms with van der Waals surface area (Å²) in [5.74, 6) is -2.76. The Morgan fingerprint density at radius 1 is 1.39 bits per heavy atom. The second-order valence-corrected chi connectivity index (χ2v) is 4.06. The first-order valence-electron chi connectivity index (χ1n) is 4.93. The lowest BCUT2D eigenvalue weighted by molar-refractivity contribution is -0.204. The van der Waals surface area contributed by atoms with Crippen LogP contribution >= 0.6 is 0 Å². The number of aliphatic hydroxyl groups is 1. The molecule has 1 aromatic heterocycles. The molecule has 1 fully saturated rings. The van der Waals surface area contributed by atoms with Crippen LogP contribution in [0.3, 0.4) is 0 Å². The number of pyridine rings is 1. The molecule has 0 bridgehead atoms. The molecule has 8 heteroatoms. The Kier molecular flexibility index (Phi) is 2.77. The van der Waals surface area contributed by atoms with Gasteiger partial charge in [0.2, 0.25) is 5.95 Å². The van der Waals surface area contributed by atoms with Crippen molar-refractivity contribution in [2.75, 3.05) is 13.1 Å². The molecule has 0 radical (unpaired) electrons. The van der Waals surface area contributed by atoms with Crippen molar-refractivity contribution < 1.29 is 27.5 Å². The fraction of sp³-hybridized carbons (Fsp3) is 0.400. The molecular weight excluding hydrogens is 256 g/mol. The van der Waals surface area contributed by atoms with Gasteiger partial charge in [-0.3, -0.25) is 4.79 Å². The second kappa shape index (κ2) is 3.91. The van der Waals surface area contributed by atoms with Gasteiger partial charge in [-0.15, -0.1) is 0 Å². The van der Waals surface area contributed by atoms with E-state index in [1.165, 1.54) is 6.07 Å². The first-order valence-corrected chi connectivity index (χ1v) is 4.93. The van der Waals surface area contributed by atoms with Crippen LogP contribution in [0.25, 0.3) is 0 Å². The van der Waals surface area contributed by atoms with Crippen molar-refractivity contribution in [3.63, 3.8) is 0 Å². The zero-order valence-corrected chi connectivity index (χ0v) is 8.91. The lowest BCUT2D eigenvalue weighted by Gasteiger charge is -2.46. The van der Waals surface area contributed by atoms with Gasteiger partial charge >= 0.3 is 12.1 Å². The summed E-state index contributed by atoms with van der Waals surface area (Å²) in [5.41, 5.74) is -1.42. The molecule has 0 aromatic carbocycles. The highest BCUT2D eigenvalue weighted by molar-refractivity contribution is 5.83. The Morgan fingerprint density at radius 3 is 2.44 bits per heavy atom. The van der Waals surface area contributed by atoms with E-state index in [9.17, 15) is 27.5 Å². The van der Waals surface area contributed by atoms with Crippen molar-refractivity contribution in [2.45, 2.75) is 11.8 Å². The van der Waals surface area contributed by atoms with Crippen LogP contribution in [0.5, 0.6) is 0 Å². The van der Waals surface area contributed by atoms with E-state index >= 15 is 0 Å². The van der Waals surface area contributed by atoms with Crippen LogP contribution < -0.4 is 0 Å². The molecule has 0 atom stereocenters. The molecule has 1 aromatic rings. The predicted octanol–water partition coefficient (Wildman–Crippen LogP) is 0.813. The quantitative estimate of drug-likeness (QED) is 0.603. The van der Waals surface area contributed by atoms with Crippen LogP contribution in [0.4, 0.5) is 17.6 Å². The number of halogens is 4. The molecule has 0 unspecified atom stereocenters. The molecule has 18 heavy (non-hydrogen) atoms. The van der Waals surface area contributed by atoms with Crippen LogP contribution in [0, 0.1) is 5.95 Å². The SMILES string of the molecule is O=C(N1CC(O)(c2ccc(F)nc2)C1)C(F)(F)F. The van der Waals surface area contributed by atoms with Gasteiger partial charge in [-0.2, -0.15) is 17.6 Å². The Balaban J connectivity index is 2.07. The van der Waals surface area contributed by atoms with E-state index in [0.29, 0.717) is 4.90 Å². The maximum absolute atomic E-state index is 12.6. The molecule has 1 N–H and O–H groups in total. The lowest BCUT2D eigenvalue weighted by Crippen LogP contribution is -2.63. The van der Waals surface area contributed by atoms with Crippen molar-refractivity contribution in [1.82, 2.24) is 9.88 Å². The number of alkyl halides is 3. The number of carbonyl (C=O) groups excluding carboxylic acids is 1. The highest BCUT2D eigenvalue weighted by Gasteiger charge is 2.52. The van der Waals surface area contributed by atoms with E-state index in [0.717, 1.165) is 12.3 Å². The smallest absolute Gasteiger partial charge is 0.381 e. The molecule has 0 saturated carbocycles. The zero-order valence-electron chi connectivity index (χ0n) is 8.91. The number of hydrogen-bond acceptors (Lipinski definition) is 3. The van der Waals surface area contributed by atoms with E-state index < -0.39 is 36.7 Å². The highest BCUT2D eigenvalue weighted by Crippen LogP contribution is 2.34. The van der Waals surface area contributed by atoms with Gasteiger partial charge in [0.1, 0.15) is 5.60 Å². The molecule has 1 aliphatic rings. The number of nitrogens with zero attached hydrogens (tertiary/aromatic N) is 2. The molecule has 1 aliphatic heterocycles.